The first-order valence-electron chi connectivity index (χ1n) is 9.78. The molecule has 5 nitrogen and oxygen atoms in total. The quantitative estimate of drug-likeness (QED) is 0.338. The fraction of sp³-hybridized carbons (Fsp3) is 0.167. The number of aromatic nitrogens is 3. The fourth-order valence-electron chi connectivity index (χ4n) is 3.13. The lowest BCUT2D eigenvalue weighted by atomic mass is 10.2. The van der Waals surface area contributed by atoms with Crippen LogP contribution in [0.2, 0.25) is 0 Å². The van der Waals surface area contributed by atoms with Crippen molar-refractivity contribution in [1.82, 2.24) is 14.8 Å². The second kappa shape index (κ2) is 9.66. The van der Waals surface area contributed by atoms with Gasteiger partial charge >= 0.3 is 0 Å². The highest BCUT2D eigenvalue weighted by atomic mass is 32.2. The smallest absolute Gasteiger partial charge is 0.196 e. The minimum atomic E-state index is -0.342. The van der Waals surface area contributed by atoms with Gasteiger partial charge in [-0.3, -0.25) is 4.57 Å². The highest BCUT2D eigenvalue weighted by Gasteiger charge is 2.18. The summed E-state index contributed by atoms with van der Waals surface area (Å²) in [6.07, 6.45) is 0. The van der Waals surface area contributed by atoms with Crippen LogP contribution in [-0.4, -0.2) is 21.9 Å². The van der Waals surface area contributed by atoms with E-state index in [-0.39, 0.29) is 12.4 Å². The van der Waals surface area contributed by atoms with Crippen molar-refractivity contribution in [1.29, 1.82) is 0 Å². The Labute approximate surface area is 184 Å². The number of ether oxygens (including phenoxy) is 2. The summed E-state index contributed by atoms with van der Waals surface area (Å²) < 4.78 is 27.4. The molecule has 0 bridgehead atoms. The van der Waals surface area contributed by atoms with Crippen molar-refractivity contribution in [2.24, 2.45) is 0 Å². The van der Waals surface area contributed by atoms with Crippen molar-refractivity contribution in [2.45, 2.75) is 24.4 Å². The van der Waals surface area contributed by atoms with Crippen LogP contribution in [0.15, 0.2) is 78.0 Å². The van der Waals surface area contributed by atoms with E-state index in [4.69, 9.17) is 9.47 Å². The fourth-order valence-corrected chi connectivity index (χ4v) is 4.04. The molecule has 0 aliphatic carbocycles. The number of hydrogen-bond acceptors (Lipinski definition) is 5. The third kappa shape index (κ3) is 5.06. The first-order valence-corrected chi connectivity index (χ1v) is 10.8. The van der Waals surface area contributed by atoms with Gasteiger partial charge in [-0.2, -0.15) is 0 Å². The van der Waals surface area contributed by atoms with E-state index in [1.54, 1.807) is 29.9 Å². The van der Waals surface area contributed by atoms with Gasteiger partial charge in [-0.25, -0.2) is 4.39 Å². The van der Waals surface area contributed by atoms with Crippen molar-refractivity contribution in [3.05, 3.63) is 95.6 Å². The van der Waals surface area contributed by atoms with Gasteiger partial charge < -0.3 is 9.47 Å². The molecule has 0 amide bonds. The lowest BCUT2D eigenvalue weighted by molar-refractivity contribution is 0.292. The molecule has 4 rings (SSSR count). The topological polar surface area (TPSA) is 49.2 Å². The molecule has 158 valence electrons. The minimum Gasteiger partial charge on any atom is -0.497 e. The van der Waals surface area contributed by atoms with Crippen LogP contribution >= 0.6 is 11.8 Å². The second-order valence-electron chi connectivity index (χ2n) is 6.93. The van der Waals surface area contributed by atoms with Gasteiger partial charge in [-0.1, -0.05) is 53.7 Å². The van der Waals surface area contributed by atoms with Gasteiger partial charge in [0.1, 0.15) is 23.9 Å². The molecule has 0 aliphatic rings. The first-order chi connectivity index (χ1) is 15.1. The molecule has 0 aliphatic heterocycles. The average Bonchev–Trinajstić information content (AvgIpc) is 3.19. The largest absolute Gasteiger partial charge is 0.497 e. The first kappa shape index (κ1) is 20.9. The van der Waals surface area contributed by atoms with E-state index in [2.05, 4.69) is 35.3 Å². The molecule has 0 atom stereocenters. The Hall–Kier alpha value is -3.32. The number of rotatable bonds is 8. The molecule has 31 heavy (non-hydrogen) atoms. The zero-order chi connectivity index (χ0) is 21.6. The van der Waals surface area contributed by atoms with Crippen LogP contribution < -0.4 is 9.47 Å². The number of hydrogen-bond donors (Lipinski definition) is 0. The molecule has 4 aromatic rings. The van der Waals surface area contributed by atoms with E-state index in [0.29, 0.717) is 28.2 Å². The zero-order valence-corrected chi connectivity index (χ0v) is 18.1. The van der Waals surface area contributed by atoms with Gasteiger partial charge in [0.15, 0.2) is 11.0 Å². The molecule has 7 heteroatoms. The number of para-hydroxylation sites is 1. The molecule has 0 radical (unpaired) electrons. The Morgan fingerprint density at radius 3 is 2.45 bits per heavy atom. The number of thioether (sulfide) groups is 1. The van der Waals surface area contributed by atoms with Gasteiger partial charge in [-0.15, -0.1) is 10.2 Å². The highest BCUT2D eigenvalue weighted by Crippen LogP contribution is 2.27. The molecule has 1 aromatic heterocycles. The van der Waals surface area contributed by atoms with Crippen molar-refractivity contribution >= 4 is 11.8 Å². The molecule has 1 heterocycles. The lowest BCUT2D eigenvalue weighted by Gasteiger charge is -2.12. The van der Waals surface area contributed by atoms with Gasteiger partial charge in [0.05, 0.1) is 12.8 Å². The Bertz CT molecular complexity index is 1160. The van der Waals surface area contributed by atoms with Crippen LogP contribution in [-0.2, 0) is 12.4 Å². The number of methoxy groups -OCH3 is 1. The van der Waals surface area contributed by atoms with E-state index in [1.807, 2.05) is 30.3 Å². The maximum atomic E-state index is 14.6. The summed E-state index contributed by atoms with van der Waals surface area (Å²) in [7, 11) is 1.61. The maximum absolute atomic E-state index is 14.6. The van der Waals surface area contributed by atoms with E-state index in [1.165, 1.54) is 29.0 Å². The summed E-state index contributed by atoms with van der Waals surface area (Å²) in [6, 6.07) is 22.2. The molecule has 3 aromatic carbocycles. The van der Waals surface area contributed by atoms with Crippen LogP contribution in [0.3, 0.4) is 0 Å². The van der Waals surface area contributed by atoms with E-state index < -0.39 is 0 Å². The third-order valence-electron chi connectivity index (χ3n) is 4.67. The Morgan fingerprint density at radius 2 is 1.71 bits per heavy atom. The average molecular weight is 436 g/mol. The standard InChI is InChI=1S/C24H22FN3O2S/c1-17-6-5-7-18(14-17)16-31-24-27-26-23(28(24)22-9-4-3-8-21(22)25)15-30-20-12-10-19(29-2)11-13-20/h3-14H,15-16H2,1-2H3. The van der Waals surface area contributed by atoms with Crippen molar-refractivity contribution in [3.8, 4) is 17.2 Å². The van der Waals surface area contributed by atoms with Gasteiger partial charge in [0.2, 0.25) is 0 Å². The van der Waals surface area contributed by atoms with Gasteiger partial charge in [-0.05, 0) is 48.9 Å². The molecular weight excluding hydrogens is 413 g/mol. The normalized spacial score (nSPS) is 10.8. The molecular formula is C24H22FN3O2S. The lowest BCUT2D eigenvalue weighted by Crippen LogP contribution is -2.08. The van der Waals surface area contributed by atoms with E-state index in [0.717, 1.165) is 5.75 Å². The molecule has 0 fully saturated rings. The Morgan fingerprint density at radius 1 is 0.935 bits per heavy atom. The molecule has 0 saturated carbocycles. The highest BCUT2D eigenvalue weighted by molar-refractivity contribution is 7.98. The number of halogens is 1. The minimum absolute atomic E-state index is 0.151. The van der Waals surface area contributed by atoms with Crippen molar-refractivity contribution < 1.29 is 13.9 Å². The third-order valence-corrected chi connectivity index (χ3v) is 5.67. The second-order valence-corrected chi connectivity index (χ2v) is 7.87. The summed E-state index contributed by atoms with van der Waals surface area (Å²) in [5, 5.41) is 9.22. The summed E-state index contributed by atoms with van der Waals surface area (Å²) >= 11 is 1.51. The Kier molecular flexibility index (Phi) is 6.52. The number of benzene rings is 3. The van der Waals surface area contributed by atoms with Crippen LogP contribution in [0, 0.1) is 12.7 Å². The van der Waals surface area contributed by atoms with Gasteiger partial charge in [0, 0.05) is 5.75 Å². The van der Waals surface area contributed by atoms with Crippen molar-refractivity contribution in [3.63, 3.8) is 0 Å². The summed E-state index contributed by atoms with van der Waals surface area (Å²) in [4.78, 5) is 0. The van der Waals surface area contributed by atoms with Crippen molar-refractivity contribution in [2.75, 3.05) is 7.11 Å². The predicted molar refractivity (Wildman–Crippen MR) is 119 cm³/mol. The zero-order valence-electron chi connectivity index (χ0n) is 17.3. The summed E-state index contributed by atoms with van der Waals surface area (Å²) in [5.41, 5.74) is 2.76. The Balaban J connectivity index is 1.59. The maximum Gasteiger partial charge on any atom is 0.196 e. The molecule has 0 unspecified atom stereocenters. The van der Waals surface area contributed by atoms with Crippen LogP contribution in [0.5, 0.6) is 11.5 Å². The van der Waals surface area contributed by atoms with Crippen LogP contribution in [0.25, 0.3) is 5.69 Å². The monoisotopic (exact) mass is 435 g/mol. The molecule has 0 N–H and O–H groups in total. The number of aryl methyl sites for hydroxylation is 1. The van der Waals surface area contributed by atoms with Crippen LogP contribution in [0.4, 0.5) is 4.39 Å². The molecule has 0 saturated heterocycles. The summed E-state index contributed by atoms with van der Waals surface area (Å²) in [6.45, 7) is 2.21. The predicted octanol–water partition coefficient (Wildman–Crippen LogP) is 5.59. The summed E-state index contributed by atoms with van der Waals surface area (Å²) in [5.74, 6) is 2.29. The SMILES string of the molecule is COc1ccc(OCc2nnc(SCc3cccc(C)c3)n2-c2ccccc2F)cc1. The van der Waals surface area contributed by atoms with Crippen LogP contribution in [0.1, 0.15) is 17.0 Å². The van der Waals surface area contributed by atoms with E-state index >= 15 is 0 Å². The molecule has 0 spiro atoms. The van der Waals surface area contributed by atoms with E-state index in [9.17, 15) is 4.39 Å². The van der Waals surface area contributed by atoms with Gasteiger partial charge in [0.25, 0.3) is 0 Å². The number of nitrogens with zero attached hydrogens (tertiary/aromatic N) is 3.